The molecule has 0 fully saturated rings. The summed E-state index contributed by atoms with van der Waals surface area (Å²) in [4.78, 5) is 0. The summed E-state index contributed by atoms with van der Waals surface area (Å²) in [6.45, 7) is 17.1. The maximum atomic E-state index is 3.69. The Morgan fingerprint density at radius 1 is 1.10 bits per heavy atom. The summed E-state index contributed by atoms with van der Waals surface area (Å²) in [6.07, 6.45) is 2.39. The summed E-state index contributed by atoms with van der Waals surface area (Å²) in [5.74, 6) is 0.718. The van der Waals surface area contributed by atoms with Gasteiger partial charge in [-0.3, -0.25) is 0 Å². The Bertz CT molecular complexity index is 394. The molecule has 0 saturated heterocycles. The molecule has 1 nitrogen and oxygen atoms in total. The van der Waals surface area contributed by atoms with Crippen molar-refractivity contribution >= 4 is 0 Å². The maximum Gasteiger partial charge on any atom is 0.0110 e. The highest BCUT2D eigenvalue weighted by Crippen LogP contribution is 2.30. The van der Waals surface area contributed by atoms with Crippen LogP contribution in [0.3, 0.4) is 0 Å². The summed E-state index contributed by atoms with van der Waals surface area (Å²) in [5.41, 5.74) is 4.77. The largest absolute Gasteiger partial charge is 0.314 e. The number of aryl methyl sites for hydroxylation is 2. The molecule has 0 aromatic heterocycles. The fourth-order valence-electron chi connectivity index (χ4n) is 2.73. The van der Waals surface area contributed by atoms with Crippen molar-refractivity contribution in [2.75, 3.05) is 6.54 Å². The molecule has 1 N–H and O–H groups in total. The van der Waals surface area contributed by atoms with Crippen LogP contribution in [-0.4, -0.2) is 12.6 Å². The number of hydrogen-bond donors (Lipinski definition) is 1. The molecule has 0 aliphatic heterocycles. The number of nitrogens with one attached hydrogen (secondary N) is 1. The molecule has 0 aliphatic carbocycles. The van der Waals surface area contributed by atoms with Gasteiger partial charge in [0.2, 0.25) is 0 Å². The fraction of sp³-hybridized carbons (Fsp3) is 0.684. The van der Waals surface area contributed by atoms with E-state index >= 15 is 0 Å². The third-order valence-electron chi connectivity index (χ3n) is 4.70. The maximum absolute atomic E-state index is 3.69. The van der Waals surface area contributed by atoms with Gasteiger partial charge in [-0.2, -0.15) is 0 Å². The van der Waals surface area contributed by atoms with Crippen molar-refractivity contribution in [1.82, 2.24) is 5.32 Å². The Morgan fingerprint density at radius 2 is 1.65 bits per heavy atom. The molecular formula is C19H33N. The van der Waals surface area contributed by atoms with Gasteiger partial charge in [0.25, 0.3) is 0 Å². The molecule has 0 spiro atoms. The topological polar surface area (TPSA) is 12.0 Å². The molecule has 20 heavy (non-hydrogen) atoms. The first kappa shape index (κ1) is 17.2. The Balaban J connectivity index is 2.82. The molecule has 1 rings (SSSR count). The van der Waals surface area contributed by atoms with Gasteiger partial charge in [0, 0.05) is 6.04 Å². The van der Waals surface area contributed by atoms with E-state index in [0.717, 1.165) is 18.9 Å². The minimum atomic E-state index is 0.383. The van der Waals surface area contributed by atoms with Crippen molar-refractivity contribution in [2.24, 2.45) is 11.3 Å². The normalized spacial score (nSPS) is 15.2. The molecule has 114 valence electrons. The van der Waals surface area contributed by atoms with E-state index in [1.165, 1.54) is 23.1 Å². The van der Waals surface area contributed by atoms with Crippen LogP contribution in [0.25, 0.3) is 0 Å². The smallest absolute Gasteiger partial charge is 0.0110 e. The molecule has 0 radical (unpaired) electrons. The monoisotopic (exact) mass is 275 g/mol. The molecule has 0 amide bonds. The van der Waals surface area contributed by atoms with Crippen LogP contribution in [0.4, 0.5) is 0 Å². The summed E-state index contributed by atoms with van der Waals surface area (Å²) in [5, 5.41) is 3.69. The molecule has 2 atom stereocenters. The van der Waals surface area contributed by atoms with E-state index in [1.807, 2.05) is 0 Å². The molecule has 0 heterocycles. The Morgan fingerprint density at radius 3 is 2.10 bits per heavy atom. The lowest BCUT2D eigenvalue weighted by atomic mass is 9.77. The number of likely N-dealkylation sites (N-methyl/N-ethyl adjacent to an activating group) is 1. The van der Waals surface area contributed by atoms with Gasteiger partial charge >= 0.3 is 0 Å². The third-order valence-corrected chi connectivity index (χ3v) is 4.70. The van der Waals surface area contributed by atoms with Gasteiger partial charge in [0.15, 0.2) is 0 Å². The Hall–Kier alpha value is -0.820. The van der Waals surface area contributed by atoms with E-state index in [0.29, 0.717) is 11.5 Å². The van der Waals surface area contributed by atoms with Crippen molar-refractivity contribution < 1.29 is 0 Å². The van der Waals surface area contributed by atoms with E-state index in [-0.39, 0.29) is 0 Å². The van der Waals surface area contributed by atoms with E-state index < -0.39 is 0 Å². The number of rotatable bonds is 6. The van der Waals surface area contributed by atoms with Crippen LogP contribution < -0.4 is 5.32 Å². The third kappa shape index (κ3) is 4.94. The number of hydrogen-bond acceptors (Lipinski definition) is 1. The van der Waals surface area contributed by atoms with E-state index in [4.69, 9.17) is 0 Å². The van der Waals surface area contributed by atoms with E-state index in [1.54, 1.807) is 0 Å². The van der Waals surface area contributed by atoms with Crippen LogP contribution in [0.15, 0.2) is 18.2 Å². The molecule has 0 bridgehead atoms. The van der Waals surface area contributed by atoms with Gasteiger partial charge in [-0.15, -0.1) is 0 Å². The zero-order chi connectivity index (χ0) is 15.3. The van der Waals surface area contributed by atoms with Crippen LogP contribution in [-0.2, 0) is 6.42 Å². The molecule has 2 unspecified atom stereocenters. The zero-order valence-electron chi connectivity index (χ0n) is 14.5. The molecule has 0 aliphatic rings. The molecular weight excluding hydrogens is 242 g/mol. The summed E-state index contributed by atoms with van der Waals surface area (Å²) in [6, 6.07) is 7.21. The van der Waals surface area contributed by atoms with Gasteiger partial charge in [-0.05, 0) is 61.3 Å². The summed E-state index contributed by atoms with van der Waals surface area (Å²) < 4.78 is 0. The minimum absolute atomic E-state index is 0.383. The van der Waals surface area contributed by atoms with Gasteiger partial charge < -0.3 is 5.32 Å². The van der Waals surface area contributed by atoms with Crippen molar-refractivity contribution in [3.8, 4) is 0 Å². The Labute approximate surface area is 126 Å². The van der Waals surface area contributed by atoms with Crippen molar-refractivity contribution in [1.29, 1.82) is 0 Å². The SMILES string of the molecule is CCNC(Cc1c(C)cccc1C)CC(C)C(C)(C)C. The highest BCUT2D eigenvalue weighted by Gasteiger charge is 2.23. The first-order valence-corrected chi connectivity index (χ1v) is 8.04. The average Bonchev–Trinajstić information content (AvgIpc) is 2.33. The van der Waals surface area contributed by atoms with Crippen LogP contribution in [0.2, 0.25) is 0 Å². The second kappa shape index (κ2) is 7.26. The molecule has 1 aromatic carbocycles. The van der Waals surface area contributed by atoms with Crippen LogP contribution in [0.5, 0.6) is 0 Å². The van der Waals surface area contributed by atoms with Gasteiger partial charge in [0.1, 0.15) is 0 Å². The summed E-state index contributed by atoms with van der Waals surface area (Å²) >= 11 is 0. The van der Waals surface area contributed by atoms with E-state index in [9.17, 15) is 0 Å². The minimum Gasteiger partial charge on any atom is -0.314 e. The predicted molar refractivity (Wildman–Crippen MR) is 90.3 cm³/mol. The lowest BCUT2D eigenvalue weighted by molar-refractivity contribution is 0.222. The van der Waals surface area contributed by atoms with Crippen molar-refractivity contribution in [2.45, 2.75) is 67.3 Å². The highest BCUT2D eigenvalue weighted by atomic mass is 14.9. The van der Waals surface area contributed by atoms with Crippen LogP contribution >= 0.6 is 0 Å². The van der Waals surface area contributed by atoms with Crippen molar-refractivity contribution in [3.63, 3.8) is 0 Å². The fourth-order valence-corrected chi connectivity index (χ4v) is 2.73. The second-order valence-electron chi connectivity index (χ2n) is 7.33. The molecule has 0 saturated carbocycles. The average molecular weight is 275 g/mol. The quantitative estimate of drug-likeness (QED) is 0.779. The first-order chi connectivity index (χ1) is 9.25. The number of benzene rings is 1. The van der Waals surface area contributed by atoms with Crippen LogP contribution in [0.1, 0.15) is 57.7 Å². The lowest BCUT2D eigenvalue weighted by Gasteiger charge is -2.31. The van der Waals surface area contributed by atoms with Gasteiger partial charge in [-0.1, -0.05) is 52.8 Å². The standard InChI is InChI=1S/C19H33N/c1-8-20-17(12-16(4)19(5,6)7)13-18-14(2)10-9-11-15(18)3/h9-11,16-17,20H,8,12-13H2,1-7H3. The predicted octanol–water partition coefficient (Wildman–Crippen LogP) is 4.90. The summed E-state index contributed by atoms with van der Waals surface area (Å²) in [7, 11) is 0. The first-order valence-electron chi connectivity index (χ1n) is 8.04. The zero-order valence-corrected chi connectivity index (χ0v) is 14.5. The second-order valence-corrected chi connectivity index (χ2v) is 7.33. The van der Waals surface area contributed by atoms with Crippen LogP contribution in [0, 0.1) is 25.2 Å². The van der Waals surface area contributed by atoms with Gasteiger partial charge in [-0.25, -0.2) is 0 Å². The molecule has 1 aromatic rings. The Kier molecular flexibility index (Phi) is 6.26. The van der Waals surface area contributed by atoms with Gasteiger partial charge in [0.05, 0.1) is 0 Å². The molecule has 1 heteroatoms. The lowest BCUT2D eigenvalue weighted by Crippen LogP contribution is -2.35. The van der Waals surface area contributed by atoms with Crippen molar-refractivity contribution in [3.05, 3.63) is 34.9 Å². The highest BCUT2D eigenvalue weighted by molar-refractivity contribution is 5.34. The van der Waals surface area contributed by atoms with E-state index in [2.05, 4.69) is 72.0 Å².